The van der Waals surface area contributed by atoms with Gasteiger partial charge in [0.05, 0.1) is 15.6 Å². The highest BCUT2D eigenvalue weighted by Gasteiger charge is 2.15. The van der Waals surface area contributed by atoms with Gasteiger partial charge < -0.3 is 0 Å². The Labute approximate surface area is 76.9 Å². The Morgan fingerprint density at radius 1 is 1.25 bits per heavy atom. The van der Waals surface area contributed by atoms with Gasteiger partial charge in [0.2, 0.25) is 6.29 Å². The van der Waals surface area contributed by atoms with Crippen molar-refractivity contribution < 1.29 is 13.6 Å². The third kappa shape index (κ3) is 1.42. The lowest BCUT2D eigenvalue weighted by Crippen LogP contribution is -1.92. The molecule has 0 unspecified atom stereocenters. The average Bonchev–Trinajstić information content (AvgIpc) is 2.08. The van der Waals surface area contributed by atoms with Gasteiger partial charge in [0.1, 0.15) is 5.82 Å². The first-order valence-corrected chi connectivity index (χ1v) is 3.54. The van der Waals surface area contributed by atoms with E-state index >= 15 is 0 Å². The summed E-state index contributed by atoms with van der Waals surface area (Å²) in [6, 6.07) is 0.635. The van der Waals surface area contributed by atoms with Crippen molar-refractivity contribution in [1.82, 2.24) is 0 Å². The van der Waals surface area contributed by atoms with Gasteiger partial charge in [0, 0.05) is 0 Å². The van der Waals surface area contributed by atoms with E-state index in [0.29, 0.717) is 6.07 Å². The van der Waals surface area contributed by atoms with Gasteiger partial charge in [-0.25, -0.2) is 8.78 Å². The fraction of sp³-hybridized carbons (Fsp3) is 0. The molecule has 0 amide bonds. The molecule has 1 aromatic carbocycles. The minimum absolute atomic E-state index is 0.534. The molecule has 0 aliphatic carbocycles. The van der Waals surface area contributed by atoms with Gasteiger partial charge in [-0.1, -0.05) is 23.2 Å². The van der Waals surface area contributed by atoms with Gasteiger partial charge in [0.25, 0.3) is 0 Å². The van der Waals surface area contributed by atoms with Crippen LogP contribution in [0.2, 0.25) is 10.0 Å². The van der Waals surface area contributed by atoms with E-state index in [2.05, 4.69) is 0 Å². The number of carbonyl (C=O) groups excluding carboxylic acids is 1. The van der Waals surface area contributed by atoms with Crippen LogP contribution in [0.5, 0.6) is 0 Å². The lowest BCUT2D eigenvalue weighted by Gasteiger charge is -2.00. The number of benzene rings is 1. The minimum Gasteiger partial charge on any atom is -0.285 e. The molecule has 5 heteroatoms. The Morgan fingerprint density at radius 3 is 2.33 bits per heavy atom. The molecule has 0 fully saturated rings. The highest BCUT2D eigenvalue weighted by Crippen LogP contribution is 2.29. The number of hydrogen-bond donors (Lipinski definition) is 0. The van der Waals surface area contributed by atoms with Crippen LogP contribution in [-0.4, -0.2) is 6.29 Å². The fourth-order valence-corrected chi connectivity index (χ4v) is 0.977. The Hall–Kier alpha value is -0.670. The molecule has 0 aromatic heterocycles. The molecular weight excluding hydrogens is 209 g/mol. The molecule has 0 aliphatic heterocycles. The standard InChI is InChI=1S/C7HCl2F2O/c8-5-4(10)1-3(2-12)7(11)6(5)9/h1H. The molecular formula is C7HCl2F2O. The van der Waals surface area contributed by atoms with Crippen LogP contribution in [-0.2, 0) is 4.79 Å². The van der Waals surface area contributed by atoms with Crippen LogP contribution in [0.3, 0.4) is 0 Å². The summed E-state index contributed by atoms with van der Waals surface area (Å²) in [6.07, 6.45) is 1.20. The van der Waals surface area contributed by atoms with Crippen molar-refractivity contribution in [3.63, 3.8) is 0 Å². The summed E-state index contributed by atoms with van der Waals surface area (Å²) in [6.45, 7) is 0. The number of halogens is 4. The lowest BCUT2D eigenvalue weighted by molar-refractivity contribution is 0.553. The zero-order valence-electron chi connectivity index (χ0n) is 5.50. The second-order valence-electron chi connectivity index (χ2n) is 1.95. The molecule has 0 aliphatic rings. The molecule has 12 heavy (non-hydrogen) atoms. The molecule has 1 radical (unpaired) electrons. The van der Waals surface area contributed by atoms with Gasteiger partial charge in [0.15, 0.2) is 5.82 Å². The highest BCUT2D eigenvalue weighted by atomic mass is 35.5. The van der Waals surface area contributed by atoms with Crippen LogP contribution in [0, 0.1) is 11.6 Å². The third-order valence-corrected chi connectivity index (χ3v) is 2.03. The summed E-state index contributed by atoms with van der Waals surface area (Å²) in [4.78, 5) is 10.0. The lowest BCUT2D eigenvalue weighted by atomic mass is 10.2. The zero-order chi connectivity index (χ0) is 9.30. The topological polar surface area (TPSA) is 17.1 Å². The van der Waals surface area contributed by atoms with Crippen LogP contribution >= 0.6 is 23.2 Å². The van der Waals surface area contributed by atoms with E-state index in [1.54, 1.807) is 0 Å². The fourth-order valence-electron chi connectivity index (χ4n) is 0.647. The Balaban J connectivity index is 3.49. The molecule has 1 rings (SSSR count). The molecule has 0 heterocycles. The van der Waals surface area contributed by atoms with Crippen molar-refractivity contribution in [2.75, 3.05) is 0 Å². The van der Waals surface area contributed by atoms with Gasteiger partial charge in [-0.2, -0.15) is 0 Å². The number of hydrogen-bond acceptors (Lipinski definition) is 1. The Bertz CT molecular complexity index is 339. The summed E-state index contributed by atoms with van der Waals surface area (Å²) in [5.41, 5.74) is -0.568. The quantitative estimate of drug-likeness (QED) is 0.514. The van der Waals surface area contributed by atoms with E-state index in [4.69, 9.17) is 23.2 Å². The first kappa shape index (κ1) is 9.42. The SMILES string of the molecule is O=[C]c1cc(F)c(Cl)c(Cl)c1F. The molecule has 0 saturated heterocycles. The average molecular weight is 210 g/mol. The van der Waals surface area contributed by atoms with Crippen molar-refractivity contribution >= 4 is 29.5 Å². The van der Waals surface area contributed by atoms with E-state index in [1.165, 1.54) is 6.29 Å². The molecule has 0 atom stereocenters. The predicted molar refractivity (Wildman–Crippen MR) is 41.2 cm³/mol. The molecule has 1 aromatic rings. The second-order valence-corrected chi connectivity index (χ2v) is 2.71. The van der Waals surface area contributed by atoms with Crippen molar-refractivity contribution in [1.29, 1.82) is 0 Å². The van der Waals surface area contributed by atoms with Gasteiger partial charge in [-0.15, -0.1) is 0 Å². The first-order valence-electron chi connectivity index (χ1n) is 2.79. The molecule has 63 valence electrons. The third-order valence-electron chi connectivity index (χ3n) is 1.21. The smallest absolute Gasteiger partial charge is 0.236 e. The Kier molecular flexibility index (Phi) is 2.65. The van der Waals surface area contributed by atoms with Crippen molar-refractivity contribution in [2.24, 2.45) is 0 Å². The molecule has 0 saturated carbocycles. The van der Waals surface area contributed by atoms with Gasteiger partial charge >= 0.3 is 0 Å². The zero-order valence-corrected chi connectivity index (χ0v) is 7.01. The minimum atomic E-state index is -1.06. The number of rotatable bonds is 1. The maximum absolute atomic E-state index is 12.8. The first-order chi connectivity index (χ1) is 5.57. The molecule has 1 nitrogen and oxygen atoms in total. The molecule has 0 bridgehead atoms. The largest absolute Gasteiger partial charge is 0.285 e. The van der Waals surface area contributed by atoms with Crippen LogP contribution in [0.1, 0.15) is 5.56 Å². The van der Waals surface area contributed by atoms with Crippen LogP contribution < -0.4 is 0 Å². The Morgan fingerprint density at radius 2 is 1.83 bits per heavy atom. The van der Waals surface area contributed by atoms with Crippen molar-refractivity contribution in [2.45, 2.75) is 0 Å². The summed E-state index contributed by atoms with van der Waals surface area (Å²) < 4.78 is 25.4. The molecule has 0 spiro atoms. The maximum atomic E-state index is 12.8. The van der Waals surface area contributed by atoms with Crippen LogP contribution in [0.25, 0.3) is 0 Å². The highest BCUT2D eigenvalue weighted by molar-refractivity contribution is 6.42. The monoisotopic (exact) mass is 209 g/mol. The van der Waals surface area contributed by atoms with E-state index < -0.39 is 27.2 Å². The van der Waals surface area contributed by atoms with Gasteiger partial charge in [-0.05, 0) is 6.07 Å². The van der Waals surface area contributed by atoms with Gasteiger partial charge in [-0.3, -0.25) is 4.79 Å². The normalized spacial score (nSPS) is 10.0. The summed E-state index contributed by atoms with van der Waals surface area (Å²) in [7, 11) is 0. The van der Waals surface area contributed by atoms with Crippen molar-refractivity contribution in [3.05, 3.63) is 33.3 Å². The predicted octanol–water partition coefficient (Wildman–Crippen LogP) is 2.73. The van der Waals surface area contributed by atoms with E-state index in [-0.39, 0.29) is 0 Å². The molecule has 0 N–H and O–H groups in total. The van der Waals surface area contributed by atoms with Crippen molar-refractivity contribution in [3.8, 4) is 0 Å². The van der Waals surface area contributed by atoms with Crippen LogP contribution in [0.4, 0.5) is 8.78 Å². The summed E-state index contributed by atoms with van der Waals surface area (Å²) >= 11 is 10.5. The maximum Gasteiger partial charge on any atom is 0.236 e. The summed E-state index contributed by atoms with van der Waals surface area (Å²) in [5.74, 6) is -2.00. The summed E-state index contributed by atoms with van der Waals surface area (Å²) in [5, 5.41) is -1.14. The second kappa shape index (κ2) is 3.37. The van der Waals surface area contributed by atoms with E-state index in [9.17, 15) is 13.6 Å². The van der Waals surface area contributed by atoms with E-state index in [0.717, 1.165) is 0 Å². The van der Waals surface area contributed by atoms with E-state index in [1.807, 2.05) is 0 Å². The van der Waals surface area contributed by atoms with Crippen LogP contribution in [0.15, 0.2) is 6.07 Å².